The van der Waals surface area contributed by atoms with E-state index in [1.54, 1.807) is 0 Å². The van der Waals surface area contributed by atoms with Crippen LogP contribution in [0.5, 0.6) is 0 Å². The van der Waals surface area contributed by atoms with Crippen LogP contribution in [0, 0.1) is 0 Å². The first-order chi connectivity index (χ1) is 11.7. The molecule has 0 saturated heterocycles. The van der Waals surface area contributed by atoms with Gasteiger partial charge in [0, 0.05) is 16.8 Å². The van der Waals surface area contributed by atoms with Crippen molar-refractivity contribution < 1.29 is 4.42 Å². The predicted octanol–water partition coefficient (Wildman–Crippen LogP) is 5.91. The van der Waals surface area contributed by atoms with Gasteiger partial charge < -0.3 is 4.42 Å². The molecule has 114 valence electrons. The van der Waals surface area contributed by atoms with Gasteiger partial charge in [-0.3, -0.25) is 0 Å². The fourth-order valence-electron chi connectivity index (χ4n) is 3.53. The van der Waals surface area contributed by atoms with Crippen LogP contribution in [0.2, 0.25) is 5.02 Å². The minimum Gasteiger partial charge on any atom is -0.423 e. The van der Waals surface area contributed by atoms with E-state index in [1.807, 2.05) is 24.3 Å². The fraction of sp³-hybridized carbons (Fsp3) is 0. The first-order valence-electron chi connectivity index (χ1n) is 7.69. The second kappa shape index (κ2) is 4.83. The summed E-state index contributed by atoms with van der Waals surface area (Å²) in [6.07, 6.45) is 0. The molecule has 0 unspecified atom stereocenters. The van der Waals surface area contributed by atoms with E-state index in [0.29, 0.717) is 10.6 Å². The summed E-state index contributed by atoms with van der Waals surface area (Å²) < 4.78 is 5.37. The molecule has 0 spiro atoms. The van der Waals surface area contributed by atoms with Crippen molar-refractivity contribution in [2.75, 3.05) is 0 Å². The van der Waals surface area contributed by atoms with Crippen molar-refractivity contribution in [3.8, 4) is 0 Å². The van der Waals surface area contributed by atoms with E-state index in [1.165, 1.54) is 11.5 Å². The monoisotopic (exact) mass is 330 g/mol. The second-order valence-corrected chi connectivity index (χ2v) is 6.31. The van der Waals surface area contributed by atoms with Crippen molar-refractivity contribution in [3.63, 3.8) is 0 Å². The maximum absolute atomic E-state index is 11.7. The van der Waals surface area contributed by atoms with Crippen molar-refractivity contribution in [2.45, 2.75) is 0 Å². The van der Waals surface area contributed by atoms with Crippen LogP contribution in [-0.4, -0.2) is 0 Å². The fourth-order valence-corrected chi connectivity index (χ4v) is 3.81. The summed E-state index contributed by atoms with van der Waals surface area (Å²) >= 11 is 6.43. The number of rotatable bonds is 0. The minimum absolute atomic E-state index is 0.423. The zero-order valence-electron chi connectivity index (χ0n) is 12.5. The summed E-state index contributed by atoms with van der Waals surface area (Å²) in [6.45, 7) is 0. The molecule has 0 bridgehead atoms. The number of benzene rings is 4. The van der Waals surface area contributed by atoms with Crippen LogP contribution < -0.4 is 5.63 Å². The molecule has 0 amide bonds. The van der Waals surface area contributed by atoms with Gasteiger partial charge in [0.15, 0.2) is 0 Å². The van der Waals surface area contributed by atoms with Gasteiger partial charge in [-0.05, 0) is 33.0 Å². The number of fused-ring (bicyclic) bond motifs is 7. The van der Waals surface area contributed by atoms with Gasteiger partial charge in [-0.1, -0.05) is 66.2 Å². The smallest absolute Gasteiger partial charge is 0.337 e. The summed E-state index contributed by atoms with van der Waals surface area (Å²) in [6, 6.07) is 21.8. The molecule has 4 aromatic carbocycles. The third-order valence-electron chi connectivity index (χ3n) is 4.55. The molecule has 5 aromatic rings. The average molecular weight is 331 g/mol. The number of halogens is 1. The van der Waals surface area contributed by atoms with Crippen LogP contribution >= 0.6 is 11.6 Å². The lowest BCUT2D eigenvalue weighted by atomic mass is 9.94. The van der Waals surface area contributed by atoms with E-state index in [0.717, 1.165) is 32.3 Å². The van der Waals surface area contributed by atoms with Crippen LogP contribution in [0.15, 0.2) is 75.9 Å². The topological polar surface area (TPSA) is 30.2 Å². The van der Waals surface area contributed by atoms with Crippen LogP contribution in [0.3, 0.4) is 0 Å². The Morgan fingerprint density at radius 2 is 1.38 bits per heavy atom. The van der Waals surface area contributed by atoms with E-state index in [9.17, 15) is 4.79 Å². The molecule has 1 aromatic heterocycles. The zero-order valence-corrected chi connectivity index (χ0v) is 13.3. The maximum atomic E-state index is 11.7. The lowest BCUT2D eigenvalue weighted by molar-refractivity contribution is 0.561. The van der Waals surface area contributed by atoms with Gasteiger partial charge in [0.2, 0.25) is 0 Å². The number of hydrogen-bond acceptors (Lipinski definition) is 2. The second-order valence-electron chi connectivity index (χ2n) is 5.90. The van der Waals surface area contributed by atoms with Crippen molar-refractivity contribution in [1.29, 1.82) is 0 Å². The molecule has 3 heteroatoms. The molecule has 0 aliphatic heterocycles. The van der Waals surface area contributed by atoms with Crippen LogP contribution in [0.25, 0.3) is 43.3 Å². The first kappa shape index (κ1) is 13.6. The Morgan fingerprint density at radius 1 is 0.708 bits per heavy atom. The highest BCUT2D eigenvalue weighted by atomic mass is 35.5. The Balaban J connectivity index is 2.20. The maximum Gasteiger partial charge on any atom is 0.337 e. The lowest BCUT2D eigenvalue weighted by Crippen LogP contribution is -1.96. The Hall–Kier alpha value is -2.84. The standard InChI is InChI=1S/C21H11ClO2/c22-16-11-18(23)24-17-10-9-14-8-7-13-6-5-12-3-1-2-4-15(12)19(13)20(14)21(16)17/h1-11H. The molecule has 0 N–H and O–H groups in total. The van der Waals surface area contributed by atoms with E-state index < -0.39 is 5.63 Å². The van der Waals surface area contributed by atoms with Crippen molar-refractivity contribution in [1.82, 2.24) is 0 Å². The largest absolute Gasteiger partial charge is 0.423 e. The van der Waals surface area contributed by atoms with Gasteiger partial charge in [-0.15, -0.1) is 0 Å². The Labute approximate surface area is 141 Å². The SMILES string of the molecule is O=c1cc(Cl)c2c(ccc3ccc4ccc5ccccc5c4c32)o1. The van der Waals surface area contributed by atoms with Crippen LogP contribution in [-0.2, 0) is 0 Å². The quantitative estimate of drug-likeness (QED) is 0.261. The zero-order chi connectivity index (χ0) is 16.3. The van der Waals surface area contributed by atoms with Gasteiger partial charge >= 0.3 is 5.63 Å². The van der Waals surface area contributed by atoms with Crippen LogP contribution in [0.4, 0.5) is 0 Å². The minimum atomic E-state index is -0.433. The summed E-state index contributed by atoms with van der Waals surface area (Å²) in [7, 11) is 0. The van der Waals surface area contributed by atoms with E-state index in [-0.39, 0.29) is 0 Å². The molecule has 0 aliphatic rings. The normalized spacial score (nSPS) is 11.7. The molecule has 0 aliphatic carbocycles. The molecular weight excluding hydrogens is 320 g/mol. The van der Waals surface area contributed by atoms with Gasteiger partial charge in [0.25, 0.3) is 0 Å². The first-order valence-corrected chi connectivity index (χ1v) is 8.07. The highest BCUT2D eigenvalue weighted by molar-refractivity contribution is 6.40. The molecule has 2 nitrogen and oxygen atoms in total. The van der Waals surface area contributed by atoms with Crippen molar-refractivity contribution in [2.24, 2.45) is 0 Å². The Bertz CT molecular complexity index is 1330. The molecule has 24 heavy (non-hydrogen) atoms. The van der Waals surface area contributed by atoms with Crippen molar-refractivity contribution >= 4 is 54.9 Å². The van der Waals surface area contributed by atoms with Gasteiger partial charge in [0.05, 0.1) is 5.02 Å². The van der Waals surface area contributed by atoms with Crippen molar-refractivity contribution in [3.05, 3.63) is 82.2 Å². The summed E-state index contributed by atoms with van der Waals surface area (Å²) in [4.78, 5) is 11.7. The molecule has 0 saturated carbocycles. The Kier molecular flexibility index (Phi) is 2.73. The van der Waals surface area contributed by atoms with Crippen LogP contribution in [0.1, 0.15) is 0 Å². The van der Waals surface area contributed by atoms with Gasteiger partial charge in [-0.2, -0.15) is 0 Å². The molecule has 0 fully saturated rings. The summed E-state index contributed by atoms with van der Waals surface area (Å²) in [5.41, 5.74) is 0.0809. The molecule has 5 rings (SSSR count). The third-order valence-corrected chi connectivity index (χ3v) is 4.85. The molecule has 0 radical (unpaired) electrons. The van der Waals surface area contributed by atoms with E-state index in [2.05, 4.69) is 36.4 Å². The summed E-state index contributed by atoms with van der Waals surface area (Å²) in [5.74, 6) is 0. The molecular formula is C21H11ClO2. The number of hydrogen-bond donors (Lipinski definition) is 0. The van der Waals surface area contributed by atoms with E-state index >= 15 is 0 Å². The lowest BCUT2D eigenvalue weighted by Gasteiger charge is -2.11. The van der Waals surface area contributed by atoms with Gasteiger partial charge in [-0.25, -0.2) is 4.79 Å². The highest BCUT2D eigenvalue weighted by Crippen LogP contribution is 2.38. The highest BCUT2D eigenvalue weighted by Gasteiger charge is 2.12. The summed E-state index contributed by atoms with van der Waals surface area (Å²) in [5, 5.41) is 7.90. The third kappa shape index (κ3) is 1.81. The van der Waals surface area contributed by atoms with E-state index in [4.69, 9.17) is 16.0 Å². The average Bonchev–Trinajstić information content (AvgIpc) is 2.60. The molecule has 1 heterocycles. The Morgan fingerprint density at radius 3 is 2.21 bits per heavy atom. The predicted molar refractivity (Wildman–Crippen MR) is 100 cm³/mol. The van der Waals surface area contributed by atoms with Gasteiger partial charge in [0.1, 0.15) is 5.58 Å². The molecule has 0 atom stereocenters.